The molecule has 1 unspecified atom stereocenters. The number of benzene rings is 2. The molecule has 0 saturated carbocycles. The van der Waals surface area contributed by atoms with Gasteiger partial charge in [0.1, 0.15) is 0 Å². The van der Waals surface area contributed by atoms with Crippen LogP contribution in [0, 0.1) is 20.8 Å². The van der Waals surface area contributed by atoms with Gasteiger partial charge in [-0.05, 0) is 62.9 Å². The van der Waals surface area contributed by atoms with Gasteiger partial charge in [-0.3, -0.25) is 4.79 Å². The first-order valence-corrected chi connectivity index (χ1v) is 12.0. The van der Waals surface area contributed by atoms with Crippen molar-refractivity contribution in [3.05, 3.63) is 75.1 Å². The minimum Gasteiger partial charge on any atom is -0.377 e. The fourth-order valence-corrected chi connectivity index (χ4v) is 5.50. The van der Waals surface area contributed by atoms with E-state index in [9.17, 15) is 13.2 Å². The van der Waals surface area contributed by atoms with Gasteiger partial charge in [-0.2, -0.15) is 4.31 Å². The molecule has 0 spiro atoms. The van der Waals surface area contributed by atoms with Crippen LogP contribution < -0.4 is 5.56 Å². The lowest BCUT2D eigenvalue weighted by atomic mass is 10.0. The molecule has 0 bridgehead atoms. The van der Waals surface area contributed by atoms with Crippen molar-refractivity contribution in [3.8, 4) is 0 Å². The van der Waals surface area contributed by atoms with E-state index in [2.05, 4.69) is 4.98 Å². The van der Waals surface area contributed by atoms with Crippen molar-refractivity contribution in [1.29, 1.82) is 0 Å². The van der Waals surface area contributed by atoms with Crippen molar-refractivity contribution in [2.24, 2.45) is 0 Å². The Morgan fingerprint density at radius 1 is 1.06 bits per heavy atom. The molecule has 7 heteroatoms. The average Bonchev–Trinajstić information content (AvgIpc) is 3.25. The van der Waals surface area contributed by atoms with Gasteiger partial charge in [0, 0.05) is 30.6 Å². The number of pyridine rings is 1. The normalized spacial score (nSPS) is 17.0. The van der Waals surface area contributed by atoms with Gasteiger partial charge >= 0.3 is 0 Å². The first-order valence-electron chi connectivity index (χ1n) is 10.6. The number of fused-ring (bicyclic) bond motifs is 1. The van der Waals surface area contributed by atoms with Gasteiger partial charge in [-0.25, -0.2) is 8.42 Å². The lowest BCUT2D eigenvalue weighted by Gasteiger charge is -2.25. The molecule has 2 heterocycles. The Bertz CT molecular complexity index is 1260. The van der Waals surface area contributed by atoms with Gasteiger partial charge in [-0.15, -0.1) is 0 Å². The standard InChI is InChI=1S/C24H28N2O4S/c1-16-6-10-21(11-7-16)31(28,29)26(15-20-5-4-12-30-20)14-19-13-22-17(2)8-9-18(3)23(22)25-24(19)27/h6-11,13,20H,4-5,12,14-15H2,1-3H3,(H,25,27). The molecule has 1 N–H and O–H groups in total. The van der Waals surface area contributed by atoms with E-state index in [1.165, 1.54) is 4.31 Å². The molecule has 1 aliphatic heterocycles. The SMILES string of the molecule is Cc1ccc(S(=O)(=O)N(Cc2cc3c(C)ccc(C)c3[nH]c2=O)CC2CCCO2)cc1. The van der Waals surface area contributed by atoms with Crippen molar-refractivity contribution < 1.29 is 13.2 Å². The van der Waals surface area contributed by atoms with Gasteiger partial charge in [0.05, 0.1) is 16.5 Å². The molecule has 0 aliphatic carbocycles. The van der Waals surface area contributed by atoms with Crippen LogP contribution in [0.2, 0.25) is 0 Å². The number of sulfonamides is 1. The minimum atomic E-state index is -3.79. The number of nitrogens with zero attached hydrogens (tertiary/aromatic N) is 1. The zero-order valence-corrected chi connectivity index (χ0v) is 19.0. The molecule has 6 nitrogen and oxygen atoms in total. The summed E-state index contributed by atoms with van der Waals surface area (Å²) in [6.45, 7) is 6.70. The maximum absolute atomic E-state index is 13.5. The number of nitrogens with one attached hydrogen (secondary N) is 1. The summed E-state index contributed by atoms with van der Waals surface area (Å²) in [5.74, 6) is 0. The van der Waals surface area contributed by atoms with Crippen molar-refractivity contribution >= 4 is 20.9 Å². The molecule has 164 valence electrons. The summed E-state index contributed by atoms with van der Waals surface area (Å²) in [6.07, 6.45) is 1.56. The smallest absolute Gasteiger partial charge is 0.252 e. The first kappa shape index (κ1) is 21.7. The fraction of sp³-hybridized carbons (Fsp3) is 0.375. The Labute approximate surface area is 182 Å². The van der Waals surface area contributed by atoms with Gasteiger partial charge in [0.2, 0.25) is 10.0 Å². The first-order chi connectivity index (χ1) is 14.8. The highest BCUT2D eigenvalue weighted by molar-refractivity contribution is 7.89. The summed E-state index contributed by atoms with van der Waals surface area (Å²) in [7, 11) is -3.79. The van der Waals surface area contributed by atoms with Gasteiger partial charge in [0.15, 0.2) is 0 Å². The van der Waals surface area contributed by atoms with Crippen molar-refractivity contribution in [2.75, 3.05) is 13.2 Å². The highest BCUT2D eigenvalue weighted by Gasteiger charge is 2.30. The Morgan fingerprint density at radius 3 is 2.45 bits per heavy atom. The van der Waals surface area contributed by atoms with E-state index >= 15 is 0 Å². The Kier molecular flexibility index (Phi) is 6.01. The lowest BCUT2D eigenvalue weighted by Crippen LogP contribution is -2.38. The van der Waals surface area contributed by atoms with Crippen molar-refractivity contribution in [3.63, 3.8) is 0 Å². The molecule has 1 fully saturated rings. The van der Waals surface area contributed by atoms with Crippen molar-refractivity contribution in [1.82, 2.24) is 9.29 Å². The largest absolute Gasteiger partial charge is 0.377 e. The molecule has 1 aliphatic rings. The van der Waals surface area contributed by atoms with E-state index in [1.54, 1.807) is 24.3 Å². The molecule has 1 saturated heterocycles. The molecular weight excluding hydrogens is 412 g/mol. The maximum Gasteiger partial charge on any atom is 0.252 e. The zero-order chi connectivity index (χ0) is 22.2. The van der Waals surface area contributed by atoms with Crippen LogP contribution in [0.15, 0.2) is 52.2 Å². The van der Waals surface area contributed by atoms with E-state index in [-0.39, 0.29) is 29.6 Å². The monoisotopic (exact) mass is 440 g/mol. The predicted octanol–water partition coefficient (Wildman–Crippen LogP) is 3.82. The van der Waals surface area contributed by atoms with Gasteiger partial charge < -0.3 is 9.72 Å². The topological polar surface area (TPSA) is 79.5 Å². The number of ether oxygens (including phenoxy) is 1. The lowest BCUT2D eigenvalue weighted by molar-refractivity contribution is 0.0925. The molecule has 31 heavy (non-hydrogen) atoms. The summed E-state index contributed by atoms with van der Waals surface area (Å²) in [5, 5.41) is 0.930. The number of aromatic nitrogens is 1. The second-order valence-electron chi connectivity index (χ2n) is 8.36. The molecule has 2 aromatic carbocycles. The number of hydrogen-bond acceptors (Lipinski definition) is 4. The third kappa shape index (κ3) is 4.44. The highest BCUT2D eigenvalue weighted by atomic mass is 32.2. The van der Waals surface area contributed by atoms with Gasteiger partial charge in [-0.1, -0.05) is 29.8 Å². The zero-order valence-electron chi connectivity index (χ0n) is 18.1. The van der Waals surface area contributed by atoms with E-state index < -0.39 is 10.0 Å². The van der Waals surface area contributed by atoms with Gasteiger partial charge in [0.25, 0.3) is 5.56 Å². The maximum atomic E-state index is 13.5. The van der Waals surface area contributed by atoms with Crippen LogP contribution in [0.1, 0.15) is 35.1 Å². The Morgan fingerprint density at radius 2 is 1.77 bits per heavy atom. The van der Waals surface area contributed by atoms with Crippen molar-refractivity contribution in [2.45, 2.75) is 51.2 Å². The summed E-state index contributed by atoms with van der Waals surface area (Å²) in [5.41, 5.74) is 3.95. The number of hydrogen-bond donors (Lipinski definition) is 1. The summed E-state index contributed by atoms with van der Waals surface area (Å²) in [6, 6.07) is 12.6. The van der Waals surface area contributed by atoms with Crippen LogP contribution in [0.25, 0.3) is 10.9 Å². The Balaban J connectivity index is 1.76. The molecule has 3 aromatic rings. The summed E-state index contributed by atoms with van der Waals surface area (Å²) < 4.78 is 34.1. The third-order valence-electron chi connectivity index (χ3n) is 5.96. The molecule has 0 radical (unpaired) electrons. The average molecular weight is 441 g/mol. The van der Waals surface area contributed by atoms with Crippen LogP contribution >= 0.6 is 0 Å². The highest BCUT2D eigenvalue weighted by Crippen LogP contribution is 2.24. The van der Waals surface area contributed by atoms with E-state index in [4.69, 9.17) is 4.74 Å². The molecule has 1 aromatic heterocycles. The van der Waals surface area contributed by atoms with E-state index in [0.717, 1.165) is 40.4 Å². The van der Waals surface area contributed by atoms with E-state index in [1.807, 2.05) is 39.0 Å². The van der Waals surface area contributed by atoms with Crippen LogP contribution in [0.4, 0.5) is 0 Å². The molecule has 0 amide bonds. The van der Waals surface area contributed by atoms with Crippen LogP contribution in [-0.4, -0.2) is 37.0 Å². The number of rotatable bonds is 6. The third-order valence-corrected chi connectivity index (χ3v) is 7.78. The second kappa shape index (κ2) is 8.57. The van der Waals surface area contributed by atoms with Crippen LogP contribution in [0.3, 0.4) is 0 Å². The molecular formula is C24H28N2O4S. The Hall–Kier alpha value is -2.48. The fourth-order valence-electron chi connectivity index (χ4n) is 4.05. The summed E-state index contributed by atoms with van der Waals surface area (Å²) >= 11 is 0. The number of aromatic amines is 1. The van der Waals surface area contributed by atoms with Crippen LogP contribution in [0.5, 0.6) is 0 Å². The molecule has 1 atom stereocenters. The number of aryl methyl sites for hydroxylation is 3. The molecule has 4 rings (SSSR count). The number of H-pyrrole nitrogens is 1. The predicted molar refractivity (Wildman–Crippen MR) is 122 cm³/mol. The minimum absolute atomic E-state index is 0.00523. The van der Waals surface area contributed by atoms with Crippen LogP contribution in [-0.2, 0) is 21.3 Å². The summed E-state index contributed by atoms with van der Waals surface area (Å²) in [4.78, 5) is 16.0. The van der Waals surface area contributed by atoms with E-state index in [0.29, 0.717) is 12.2 Å². The quantitative estimate of drug-likeness (QED) is 0.632. The second-order valence-corrected chi connectivity index (χ2v) is 10.3.